The molecule has 29 heavy (non-hydrogen) atoms. The van der Waals surface area contributed by atoms with Gasteiger partial charge >= 0.3 is 0 Å². The van der Waals surface area contributed by atoms with Crippen molar-refractivity contribution in [3.05, 3.63) is 87.5 Å². The lowest BCUT2D eigenvalue weighted by atomic mass is 9.92. The second-order valence-electron chi connectivity index (χ2n) is 7.23. The van der Waals surface area contributed by atoms with Crippen LogP contribution in [0.4, 0.5) is 0 Å². The van der Waals surface area contributed by atoms with E-state index in [1.165, 1.54) is 0 Å². The number of carbonyl (C=O) groups excluding carboxylic acids is 2. The number of primary amides is 1. The van der Waals surface area contributed by atoms with Crippen LogP contribution < -0.4 is 5.73 Å². The molecular weight excluding hydrogens is 430 g/mol. The minimum atomic E-state index is -0.464. The fraction of sp³-hybridized carbons (Fsp3) is 0.174. The third kappa shape index (κ3) is 3.80. The molecule has 0 fully saturated rings. The number of pyridine rings is 1. The average molecular weight is 450 g/mol. The highest BCUT2D eigenvalue weighted by atomic mass is 79.9. The zero-order chi connectivity index (χ0) is 20.5. The van der Waals surface area contributed by atoms with E-state index in [1.807, 2.05) is 61.5 Å². The number of aromatic nitrogens is 1. The van der Waals surface area contributed by atoms with E-state index in [2.05, 4.69) is 20.9 Å². The Morgan fingerprint density at radius 1 is 1.17 bits per heavy atom. The molecule has 0 bridgehead atoms. The molecule has 1 atom stereocenters. The number of fused-ring (bicyclic) bond motifs is 1. The Morgan fingerprint density at radius 2 is 1.97 bits per heavy atom. The van der Waals surface area contributed by atoms with Gasteiger partial charge in [0, 0.05) is 28.3 Å². The molecule has 0 saturated carbocycles. The van der Waals surface area contributed by atoms with Crippen LogP contribution in [-0.2, 0) is 11.3 Å². The highest BCUT2D eigenvalue weighted by Crippen LogP contribution is 2.38. The zero-order valence-corrected chi connectivity index (χ0v) is 17.5. The van der Waals surface area contributed by atoms with Gasteiger partial charge in [-0.3, -0.25) is 14.6 Å². The molecule has 1 aliphatic heterocycles. The van der Waals surface area contributed by atoms with Crippen molar-refractivity contribution < 1.29 is 9.59 Å². The number of aryl methyl sites for hydroxylation is 1. The maximum atomic E-state index is 13.1. The summed E-state index contributed by atoms with van der Waals surface area (Å²) in [6, 6.07) is 16.9. The minimum Gasteiger partial charge on any atom is -0.370 e. The largest absolute Gasteiger partial charge is 0.370 e. The van der Waals surface area contributed by atoms with E-state index in [-0.39, 0.29) is 12.3 Å². The maximum Gasteiger partial charge on any atom is 0.255 e. The van der Waals surface area contributed by atoms with Gasteiger partial charge in [-0.05, 0) is 58.2 Å². The van der Waals surface area contributed by atoms with E-state index < -0.39 is 11.9 Å². The first-order chi connectivity index (χ1) is 13.9. The van der Waals surface area contributed by atoms with Crippen LogP contribution in [0.5, 0.6) is 0 Å². The van der Waals surface area contributed by atoms with Crippen LogP contribution >= 0.6 is 15.9 Å². The summed E-state index contributed by atoms with van der Waals surface area (Å²) in [5.41, 5.74) is 10.8. The molecule has 5 nitrogen and oxygen atoms in total. The van der Waals surface area contributed by atoms with E-state index in [1.54, 1.807) is 11.1 Å². The summed E-state index contributed by atoms with van der Waals surface area (Å²) in [4.78, 5) is 31.3. The van der Waals surface area contributed by atoms with Crippen molar-refractivity contribution in [2.75, 3.05) is 0 Å². The number of benzene rings is 2. The van der Waals surface area contributed by atoms with Crippen LogP contribution in [0.15, 0.2) is 65.3 Å². The Labute approximate surface area is 177 Å². The van der Waals surface area contributed by atoms with Gasteiger partial charge in [-0.1, -0.05) is 35.9 Å². The van der Waals surface area contributed by atoms with Gasteiger partial charge in [-0.2, -0.15) is 0 Å². The quantitative estimate of drug-likeness (QED) is 0.627. The predicted octanol–water partition coefficient (Wildman–Crippen LogP) is 4.39. The molecule has 0 saturated heterocycles. The standard InChI is InChI=1S/C23H20BrN3O2/c1-14-6-8-18(19(10-14)20-9-7-16(24)12-26-20)21(11-22(25)28)27-13-15-4-2-3-5-17(15)23(27)29/h2-10,12,21H,11,13H2,1H3,(H2,25,28). The van der Waals surface area contributed by atoms with Gasteiger partial charge in [0.1, 0.15) is 0 Å². The fourth-order valence-electron chi connectivity index (χ4n) is 3.82. The molecule has 2 N–H and O–H groups in total. The molecule has 146 valence electrons. The number of nitrogens with zero attached hydrogens (tertiary/aromatic N) is 2. The van der Waals surface area contributed by atoms with Crippen molar-refractivity contribution in [1.29, 1.82) is 0 Å². The van der Waals surface area contributed by atoms with Gasteiger partial charge in [0.15, 0.2) is 0 Å². The summed E-state index contributed by atoms with van der Waals surface area (Å²) < 4.78 is 0.884. The van der Waals surface area contributed by atoms with Gasteiger partial charge in [0.2, 0.25) is 5.91 Å². The lowest BCUT2D eigenvalue weighted by Crippen LogP contribution is -2.32. The zero-order valence-electron chi connectivity index (χ0n) is 15.9. The fourth-order valence-corrected chi connectivity index (χ4v) is 4.06. The molecule has 4 rings (SSSR count). The Balaban J connectivity index is 1.82. The Morgan fingerprint density at radius 3 is 2.66 bits per heavy atom. The second kappa shape index (κ2) is 7.79. The van der Waals surface area contributed by atoms with Crippen LogP contribution in [0, 0.1) is 6.92 Å². The monoisotopic (exact) mass is 449 g/mol. The van der Waals surface area contributed by atoms with E-state index >= 15 is 0 Å². The van der Waals surface area contributed by atoms with E-state index in [4.69, 9.17) is 5.73 Å². The molecule has 1 aliphatic rings. The maximum absolute atomic E-state index is 13.1. The summed E-state index contributed by atoms with van der Waals surface area (Å²) in [5, 5.41) is 0. The number of hydrogen-bond donors (Lipinski definition) is 1. The Bertz CT molecular complexity index is 1100. The number of hydrogen-bond acceptors (Lipinski definition) is 3. The first-order valence-corrected chi connectivity index (χ1v) is 10.1. The van der Waals surface area contributed by atoms with Crippen molar-refractivity contribution in [2.24, 2.45) is 5.73 Å². The van der Waals surface area contributed by atoms with Crippen molar-refractivity contribution in [2.45, 2.75) is 25.9 Å². The SMILES string of the molecule is Cc1ccc(C(CC(N)=O)N2Cc3ccccc3C2=O)c(-c2ccc(Br)cn2)c1. The highest BCUT2D eigenvalue weighted by Gasteiger charge is 2.35. The molecule has 2 aromatic carbocycles. The summed E-state index contributed by atoms with van der Waals surface area (Å²) >= 11 is 3.41. The Hall–Kier alpha value is -2.99. The number of amides is 2. The third-order valence-corrected chi connectivity index (χ3v) is 5.66. The van der Waals surface area contributed by atoms with E-state index in [0.29, 0.717) is 12.1 Å². The van der Waals surface area contributed by atoms with Gasteiger partial charge in [0.05, 0.1) is 18.2 Å². The first-order valence-electron chi connectivity index (χ1n) is 9.33. The Kier molecular flexibility index (Phi) is 5.20. The summed E-state index contributed by atoms with van der Waals surface area (Å²) in [5.74, 6) is -0.531. The lowest BCUT2D eigenvalue weighted by molar-refractivity contribution is -0.119. The summed E-state index contributed by atoms with van der Waals surface area (Å²) in [7, 11) is 0. The molecule has 0 aliphatic carbocycles. The van der Waals surface area contributed by atoms with Crippen LogP contribution in [0.1, 0.15) is 39.5 Å². The van der Waals surface area contributed by atoms with Crippen molar-refractivity contribution in [3.63, 3.8) is 0 Å². The summed E-state index contributed by atoms with van der Waals surface area (Å²) in [6.07, 6.45) is 1.79. The van der Waals surface area contributed by atoms with Gasteiger partial charge < -0.3 is 10.6 Å². The number of rotatable bonds is 5. The molecule has 2 amide bonds. The van der Waals surface area contributed by atoms with E-state index in [0.717, 1.165) is 32.4 Å². The van der Waals surface area contributed by atoms with Crippen LogP contribution in [-0.4, -0.2) is 21.7 Å². The van der Waals surface area contributed by atoms with Crippen LogP contribution in [0.2, 0.25) is 0 Å². The minimum absolute atomic E-state index is 0.0479. The van der Waals surface area contributed by atoms with Crippen molar-refractivity contribution in [3.8, 4) is 11.3 Å². The highest BCUT2D eigenvalue weighted by molar-refractivity contribution is 9.10. The number of nitrogens with two attached hydrogens (primary N) is 1. The molecular formula is C23H20BrN3O2. The van der Waals surface area contributed by atoms with E-state index in [9.17, 15) is 9.59 Å². The predicted molar refractivity (Wildman–Crippen MR) is 115 cm³/mol. The van der Waals surface area contributed by atoms with Gasteiger partial charge in [-0.25, -0.2) is 0 Å². The third-order valence-electron chi connectivity index (χ3n) is 5.19. The molecule has 6 heteroatoms. The number of halogens is 1. The van der Waals surface area contributed by atoms with Gasteiger partial charge in [-0.15, -0.1) is 0 Å². The average Bonchev–Trinajstić information content (AvgIpc) is 3.03. The summed E-state index contributed by atoms with van der Waals surface area (Å²) in [6.45, 7) is 2.46. The smallest absolute Gasteiger partial charge is 0.255 e. The molecule has 0 spiro atoms. The molecule has 2 heterocycles. The molecule has 1 aromatic heterocycles. The van der Waals surface area contributed by atoms with Crippen LogP contribution in [0.25, 0.3) is 11.3 Å². The molecule has 0 radical (unpaired) electrons. The van der Waals surface area contributed by atoms with Crippen molar-refractivity contribution >= 4 is 27.7 Å². The second-order valence-corrected chi connectivity index (χ2v) is 8.14. The lowest BCUT2D eigenvalue weighted by Gasteiger charge is -2.29. The topological polar surface area (TPSA) is 76.3 Å². The van der Waals surface area contributed by atoms with Gasteiger partial charge in [0.25, 0.3) is 5.91 Å². The first kappa shape index (κ1) is 19.3. The van der Waals surface area contributed by atoms with Crippen LogP contribution in [0.3, 0.4) is 0 Å². The normalized spacial score (nSPS) is 14.0. The van der Waals surface area contributed by atoms with Crippen molar-refractivity contribution in [1.82, 2.24) is 9.88 Å². The molecule has 3 aromatic rings. The number of carbonyl (C=O) groups is 2. The molecule has 1 unspecified atom stereocenters.